The molecule has 3 saturated heterocycles. The first-order chi connectivity index (χ1) is 17.2. The van der Waals surface area contributed by atoms with Crippen molar-refractivity contribution < 1.29 is 45.6 Å². The summed E-state index contributed by atoms with van der Waals surface area (Å²) in [5, 5.41) is 92.8. The molecule has 7 fully saturated rings. The maximum Gasteiger partial charge on any atom is 0.198 e. The monoisotopic (exact) mass is 525 g/mol. The van der Waals surface area contributed by atoms with Crippen molar-refractivity contribution in [1.82, 2.24) is 4.90 Å². The van der Waals surface area contributed by atoms with E-state index >= 15 is 0 Å². The van der Waals surface area contributed by atoms with E-state index in [1.807, 2.05) is 6.92 Å². The first-order valence-corrected chi connectivity index (χ1v) is 14.2. The van der Waals surface area contributed by atoms with Crippen LogP contribution < -0.4 is 0 Å². The molecule has 8 N–H and O–H groups in total. The van der Waals surface area contributed by atoms with Crippen molar-refractivity contribution in [3.8, 4) is 0 Å². The molecule has 3 heterocycles. The third kappa shape index (κ3) is 2.59. The normalized spacial score (nSPS) is 68.5. The highest BCUT2D eigenvalue weighted by atomic mass is 16.7. The Hall–Kier alpha value is -0.400. The van der Waals surface area contributed by atoms with Gasteiger partial charge in [-0.05, 0) is 56.8 Å². The van der Waals surface area contributed by atoms with Gasteiger partial charge in [0, 0.05) is 36.4 Å². The Bertz CT molecular complexity index is 997. The van der Waals surface area contributed by atoms with E-state index in [1.165, 1.54) is 0 Å². The van der Waals surface area contributed by atoms with Crippen LogP contribution in [0.2, 0.25) is 0 Å². The molecule has 3 unspecified atom stereocenters. The molecule has 0 aromatic carbocycles. The van der Waals surface area contributed by atoms with Crippen molar-refractivity contribution in [2.75, 3.05) is 13.1 Å². The lowest BCUT2D eigenvalue weighted by molar-refractivity contribution is -0.296. The summed E-state index contributed by atoms with van der Waals surface area (Å²) in [6, 6.07) is -0.174. The lowest BCUT2D eigenvalue weighted by Gasteiger charge is -2.63. The number of nitrogens with zero attached hydrogens (tertiary/aromatic N) is 1. The minimum absolute atomic E-state index is 0.174. The van der Waals surface area contributed by atoms with Crippen LogP contribution in [0.1, 0.15) is 52.9 Å². The number of fused-ring (bicyclic) bond motifs is 5. The summed E-state index contributed by atoms with van der Waals surface area (Å²) in [5.74, 6) is -5.64. The SMILES string of the molecule is C[C@H]1CCC2N(C1)C[C@@H]1C([C@@H](O)[C@H](O)[C@]3(O)C1C[C@@]14O[C@@]5(O)[C@@H]([C@@H](O)[C@@H](O)[C@@H]31)[C@]4(C)CC[C@@H]5O)[C@]2(C)O. The minimum Gasteiger partial charge on any atom is -0.390 e. The van der Waals surface area contributed by atoms with Crippen molar-refractivity contribution in [2.45, 2.75) is 112 Å². The molecule has 37 heavy (non-hydrogen) atoms. The van der Waals surface area contributed by atoms with E-state index in [0.29, 0.717) is 18.9 Å². The van der Waals surface area contributed by atoms with Gasteiger partial charge < -0.3 is 45.6 Å². The zero-order chi connectivity index (χ0) is 26.7. The molecule has 210 valence electrons. The Balaban J connectivity index is 1.39. The Labute approximate surface area is 216 Å². The van der Waals surface area contributed by atoms with Crippen LogP contribution in [-0.2, 0) is 4.74 Å². The minimum atomic E-state index is -2.10. The molecule has 0 aromatic rings. The third-order valence-electron chi connectivity index (χ3n) is 12.9. The van der Waals surface area contributed by atoms with Gasteiger partial charge in [0.1, 0.15) is 17.8 Å². The molecule has 0 radical (unpaired) electrons. The van der Waals surface area contributed by atoms with Gasteiger partial charge in [-0.1, -0.05) is 13.8 Å². The van der Waals surface area contributed by atoms with Crippen LogP contribution in [0.25, 0.3) is 0 Å². The smallest absolute Gasteiger partial charge is 0.198 e. The number of rotatable bonds is 0. The highest BCUT2D eigenvalue weighted by Gasteiger charge is 2.88. The largest absolute Gasteiger partial charge is 0.390 e. The summed E-state index contributed by atoms with van der Waals surface area (Å²) in [4.78, 5) is 2.25. The molecule has 7 aliphatic rings. The van der Waals surface area contributed by atoms with Gasteiger partial charge in [-0.3, -0.25) is 4.90 Å². The Morgan fingerprint density at radius 2 is 1.51 bits per heavy atom. The summed E-state index contributed by atoms with van der Waals surface area (Å²) in [6.45, 7) is 7.08. The van der Waals surface area contributed by atoms with Crippen LogP contribution in [0.4, 0.5) is 0 Å². The second-order valence-electron chi connectivity index (χ2n) is 14.4. The van der Waals surface area contributed by atoms with Gasteiger partial charge in [0.15, 0.2) is 5.79 Å². The second kappa shape index (κ2) is 7.26. The van der Waals surface area contributed by atoms with Crippen LogP contribution in [0.3, 0.4) is 0 Å². The van der Waals surface area contributed by atoms with Gasteiger partial charge in [0.05, 0.1) is 35.4 Å². The molecule has 10 nitrogen and oxygen atoms in total. The summed E-state index contributed by atoms with van der Waals surface area (Å²) in [7, 11) is 0. The van der Waals surface area contributed by atoms with Gasteiger partial charge in [0.25, 0.3) is 0 Å². The molecule has 10 heteroatoms. The van der Waals surface area contributed by atoms with Crippen LogP contribution in [0.5, 0.6) is 0 Å². The summed E-state index contributed by atoms with van der Waals surface area (Å²) < 4.78 is 6.42. The van der Waals surface area contributed by atoms with Gasteiger partial charge in [0.2, 0.25) is 0 Å². The fourth-order valence-corrected chi connectivity index (χ4v) is 11.4. The van der Waals surface area contributed by atoms with E-state index in [9.17, 15) is 40.9 Å². The first-order valence-electron chi connectivity index (χ1n) is 14.2. The standard InChI is InChI=1S/C27H43NO9/c1-11-4-5-14-24(3,34)16-12(10-28(14)9-11)13-8-25-21(26(13,35)22(33)17(16)30)19(32)18(31)20-23(25,2)7-6-15(29)27(20,36)37-25/h11-22,29-36H,4-10H2,1-3H3/t11-,12-,13?,14?,15-,16?,17+,18-,19+,20-,21+,22-,23-,24+,25+,26-,27+/m0/s1. The first kappa shape index (κ1) is 25.6. The number of piperidine rings is 2. The van der Waals surface area contributed by atoms with E-state index in [0.717, 1.165) is 19.4 Å². The topological polar surface area (TPSA) is 174 Å². The fraction of sp³-hybridized carbons (Fsp3) is 1.00. The second-order valence-corrected chi connectivity index (χ2v) is 14.4. The molecule has 0 amide bonds. The summed E-state index contributed by atoms with van der Waals surface area (Å²) in [6.07, 6.45) is -4.91. The fourth-order valence-electron chi connectivity index (χ4n) is 11.4. The van der Waals surface area contributed by atoms with Crippen LogP contribution in [-0.4, -0.2) is 118 Å². The summed E-state index contributed by atoms with van der Waals surface area (Å²) in [5.41, 5.74) is -5.58. The lowest BCUT2D eigenvalue weighted by Crippen LogP contribution is -2.77. The van der Waals surface area contributed by atoms with E-state index in [2.05, 4.69) is 11.8 Å². The van der Waals surface area contributed by atoms with Gasteiger partial charge in [-0.15, -0.1) is 0 Å². The van der Waals surface area contributed by atoms with Crippen molar-refractivity contribution in [3.05, 3.63) is 0 Å². The molecule has 4 aliphatic carbocycles. The Morgan fingerprint density at radius 1 is 0.838 bits per heavy atom. The maximum atomic E-state index is 12.5. The zero-order valence-corrected chi connectivity index (χ0v) is 21.8. The van der Waals surface area contributed by atoms with Gasteiger partial charge in [-0.25, -0.2) is 0 Å². The summed E-state index contributed by atoms with van der Waals surface area (Å²) >= 11 is 0. The number of hydrogen-bond acceptors (Lipinski definition) is 10. The average molecular weight is 526 g/mol. The maximum absolute atomic E-state index is 12.5. The average Bonchev–Trinajstić information content (AvgIpc) is 3.13. The quantitative estimate of drug-likeness (QED) is 0.179. The van der Waals surface area contributed by atoms with Crippen LogP contribution in [0, 0.1) is 40.9 Å². The molecule has 1 spiro atoms. The Kier molecular flexibility index (Phi) is 5.02. The van der Waals surface area contributed by atoms with E-state index in [4.69, 9.17) is 4.74 Å². The predicted molar refractivity (Wildman–Crippen MR) is 128 cm³/mol. The van der Waals surface area contributed by atoms with Crippen molar-refractivity contribution in [2.24, 2.45) is 40.9 Å². The van der Waals surface area contributed by atoms with Gasteiger partial charge in [-0.2, -0.15) is 0 Å². The highest BCUT2D eigenvalue weighted by molar-refractivity contribution is 5.34. The van der Waals surface area contributed by atoms with Crippen LogP contribution in [0.15, 0.2) is 0 Å². The van der Waals surface area contributed by atoms with Crippen molar-refractivity contribution in [1.29, 1.82) is 0 Å². The van der Waals surface area contributed by atoms with Crippen molar-refractivity contribution >= 4 is 0 Å². The molecule has 0 aromatic heterocycles. The Morgan fingerprint density at radius 3 is 2.22 bits per heavy atom. The van der Waals surface area contributed by atoms with Crippen LogP contribution >= 0.6 is 0 Å². The number of ether oxygens (including phenoxy) is 1. The molecular weight excluding hydrogens is 482 g/mol. The molecule has 7 rings (SSSR count). The van der Waals surface area contributed by atoms with E-state index < -0.39 is 88.1 Å². The molecule has 4 saturated carbocycles. The molecule has 4 bridgehead atoms. The number of hydrogen-bond donors (Lipinski definition) is 8. The van der Waals surface area contributed by atoms with Gasteiger partial charge >= 0.3 is 0 Å². The lowest BCUT2D eigenvalue weighted by atomic mass is 9.48. The molecule has 3 aliphatic heterocycles. The van der Waals surface area contributed by atoms with Crippen molar-refractivity contribution in [3.63, 3.8) is 0 Å². The van der Waals surface area contributed by atoms with E-state index in [1.54, 1.807) is 6.92 Å². The van der Waals surface area contributed by atoms with E-state index in [-0.39, 0.29) is 18.9 Å². The molecular formula is C27H43NO9. The zero-order valence-electron chi connectivity index (χ0n) is 21.8. The highest BCUT2D eigenvalue weighted by Crippen LogP contribution is 2.76. The number of aliphatic hydroxyl groups is 8. The predicted octanol–water partition coefficient (Wildman–Crippen LogP) is -1.84. The number of aliphatic hydroxyl groups excluding tert-OH is 5. The third-order valence-corrected chi connectivity index (χ3v) is 12.9. The molecule has 17 atom stereocenters.